The molecule has 20 heavy (non-hydrogen) atoms. The molecular formula is C16H13ClO3. The first-order valence-corrected chi connectivity index (χ1v) is 6.82. The molecule has 0 aliphatic carbocycles. The molecular weight excluding hydrogens is 276 g/mol. The SMILES string of the molecule is O=C(O)c1cc(Cl)ccc1-c1cccc2c1OCCC2. The molecule has 0 radical (unpaired) electrons. The van der Waals surface area contributed by atoms with E-state index in [-0.39, 0.29) is 5.56 Å². The summed E-state index contributed by atoms with van der Waals surface area (Å²) in [6, 6.07) is 10.8. The van der Waals surface area contributed by atoms with Crippen molar-refractivity contribution in [3.05, 3.63) is 52.5 Å². The van der Waals surface area contributed by atoms with Gasteiger partial charge in [-0.25, -0.2) is 4.79 Å². The van der Waals surface area contributed by atoms with Crippen LogP contribution in [0.3, 0.4) is 0 Å². The molecule has 102 valence electrons. The number of carboxylic acids is 1. The summed E-state index contributed by atoms with van der Waals surface area (Å²) >= 11 is 5.90. The Kier molecular flexibility index (Phi) is 3.36. The number of rotatable bonds is 2. The van der Waals surface area contributed by atoms with Gasteiger partial charge in [-0.05, 0) is 36.1 Å². The highest BCUT2D eigenvalue weighted by atomic mass is 35.5. The van der Waals surface area contributed by atoms with Gasteiger partial charge in [0.05, 0.1) is 12.2 Å². The smallest absolute Gasteiger partial charge is 0.336 e. The first kappa shape index (κ1) is 13.0. The number of carboxylic acid groups (broad SMARTS) is 1. The summed E-state index contributed by atoms with van der Waals surface area (Å²) in [4.78, 5) is 11.4. The number of aromatic carboxylic acids is 1. The van der Waals surface area contributed by atoms with Crippen molar-refractivity contribution in [2.24, 2.45) is 0 Å². The van der Waals surface area contributed by atoms with Crippen LogP contribution >= 0.6 is 11.6 Å². The van der Waals surface area contributed by atoms with Crippen molar-refractivity contribution < 1.29 is 14.6 Å². The van der Waals surface area contributed by atoms with Crippen molar-refractivity contribution in [1.82, 2.24) is 0 Å². The van der Waals surface area contributed by atoms with E-state index in [0.717, 1.165) is 29.7 Å². The summed E-state index contributed by atoms with van der Waals surface area (Å²) in [6.07, 6.45) is 1.95. The standard InChI is InChI=1S/C16H13ClO3/c17-11-6-7-12(14(9-11)16(18)19)13-5-1-3-10-4-2-8-20-15(10)13/h1,3,5-7,9H,2,4,8H2,(H,18,19). The Morgan fingerprint density at radius 2 is 2.05 bits per heavy atom. The van der Waals surface area contributed by atoms with Gasteiger partial charge < -0.3 is 9.84 Å². The quantitative estimate of drug-likeness (QED) is 0.907. The van der Waals surface area contributed by atoms with Gasteiger partial charge >= 0.3 is 5.97 Å². The molecule has 0 saturated carbocycles. The van der Waals surface area contributed by atoms with Gasteiger partial charge in [0.25, 0.3) is 0 Å². The van der Waals surface area contributed by atoms with Crippen LogP contribution in [0.2, 0.25) is 5.02 Å². The van der Waals surface area contributed by atoms with Gasteiger partial charge in [-0.15, -0.1) is 0 Å². The molecule has 0 unspecified atom stereocenters. The van der Waals surface area contributed by atoms with Crippen molar-refractivity contribution >= 4 is 17.6 Å². The van der Waals surface area contributed by atoms with E-state index in [1.807, 2.05) is 18.2 Å². The topological polar surface area (TPSA) is 46.5 Å². The van der Waals surface area contributed by atoms with Crippen molar-refractivity contribution in [2.45, 2.75) is 12.8 Å². The molecule has 1 N–H and O–H groups in total. The highest BCUT2D eigenvalue weighted by molar-refractivity contribution is 6.31. The molecule has 2 aromatic rings. The first-order valence-electron chi connectivity index (χ1n) is 6.45. The van der Waals surface area contributed by atoms with Crippen LogP contribution in [-0.4, -0.2) is 17.7 Å². The fourth-order valence-corrected chi connectivity index (χ4v) is 2.70. The Balaban J connectivity index is 2.21. The third-order valence-electron chi connectivity index (χ3n) is 3.44. The maximum absolute atomic E-state index is 11.4. The lowest BCUT2D eigenvalue weighted by Gasteiger charge is -2.21. The second-order valence-electron chi connectivity index (χ2n) is 4.74. The Hall–Kier alpha value is -2.00. The number of halogens is 1. The molecule has 0 atom stereocenters. The van der Waals surface area contributed by atoms with Gasteiger partial charge in [-0.2, -0.15) is 0 Å². The predicted molar refractivity (Wildman–Crippen MR) is 77.7 cm³/mol. The van der Waals surface area contributed by atoms with E-state index in [1.54, 1.807) is 12.1 Å². The van der Waals surface area contributed by atoms with Crippen LogP contribution < -0.4 is 4.74 Å². The van der Waals surface area contributed by atoms with Crippen LogP contribution in [0, 0.1) is 0 Å². The average Bonchev–Trinajstić information content (AvgIpc) is 2.46. The molecule has 0 saturated heterocycles. The molecule has 0 fully saturated rings. The van der Waals surface area contributed by atoms with Gasteiger partial charge in [0.15, 0.2) is 0 Å². The normalized spacial score (nSPS) is 13.4. The number of hydrogen-bond donors (Lipinski definition) is 1. The van der Waals surface area contributed by atoms with Crippen molar-refractivity contribution in [2.75, 3.05) is 6.61 Å². The lowest BCUT2D eigenvalue weighted by Crippen LogP contribution is -2.10. The van der Waals surface area contributed by atoms with E-state index in [4.69, 9.17) is 16.3 Å². The van der Waals surface area contributed by atoms with Crippen LogP contribution in [-0.2, 0) is 6.42 Å². The van der Waals surface area contributed by atoms with E-state index in [2.05, 4.69) is 0 Å². The van der Waals surface area contributed by atoms with Gasteiger partial charge in [-0.3, -0.25) is 0 Å². The largest absolute Gasteiger partial charge is 0.493 e. The van der Waals surface area contributed by atoms with Crippen molar-refractivity contribution in [1.29, 1.82) is 0 Å². The number of para-hydroxylation sites is 1. The van der Waals surface area contributed by atoms with Crippen LogP contribution in [0.1, 0.15) is 22.3 Å². The molecule has 3 nitrogen and oxygen atoms in total. The molecule has 4 heteroatoms. The summed E-state index contributed by atoms with van der Waals surface area (Å²) in [7, 11) is 0. The Morgan fingerprint density at radius 3 is 2.85 bits per heavy atom. The number of fused-ring (bicyclic) bond motifs is 1. The molecule has 0 amide bonds. The minimum Gasteiger partial charge on any atom is -0.493 e. The van der Waals surface area contributed by atoms with E-state index in [9.17, 15) is 9.90 Å². The Bertz CT molecular complexity index is 679. The monoisotopic (exact) mass is 288 g/mol. The van der Waals surface area contributed by atoms with Gasteiger partial charge in [0.1, 0.15) is 5.75 Å². The fourth-order valence-electron chi connectivity index (χ4n) is 2.53. The highest BCUT2D eigenvalue weighted by Crippen LogP contribution is 2.38. The van der Waals surface area contributed by atoms with Gasteiger partial charge in [0, 0.05) is 10.6 Å². The Morgan fingerprint density at radius 1 is 1.20 bits per heavy atom. The van der Waals surface area contributed by atoms with E-state index in [1.165, 1.54) is 6.07 Å². The Labute approximate surface area is 121 Å². The summed E-state index contributed by atoms with van der Waals surface area (Å²) in [5.41, 5.74) is 2.78. The van der Waals surface area contributed by atoms with Gasteiger partial charge in [-0.1, -0.05) is 35.9 Å². The zero-order chi connectivity index (χ0) is 14.1. The zero-order valence-corrected chi connectivity index (χ0v) is 11.5. The van der Waals surface area contributed by atoms with Crippen LogP contribution in [0.25, 0.3) is 11.1 Å². The maximum Gasteiger partial charge on any atom is 0.336 e. The average molecular weight is 289 g/mol. The summed E-state index contributed by atoms with van der Waals surface area (Å²) < 4.78 is 5.75. The minimum atomic E-state index is -0.990. The second kappa shape index (κ2) is 5.17. The van der Waals surface area contributed by atoms with E-state index < -0.39 is 5.97 Å². The van der Waals surface area contributed by atoms with Crippen LogP contribution in [0.4, 0.5) is 0 Å². The van der Waals surface area contributed by atoms with Crippen molar-refractivity contribution in [3.63, 3.8) is 0 Å². The number of benzene rings is 2. The highest BCUT2D eigenvalue weighted by Gasteiger charge is 2.19. The molecule has 1 heterocycles. The molecule has 0 aromatic heterocycles. The molecule has 3 rings (SSSR count). The number of aryl methyl sites for hydroxylation is 1. The van der Waals surface area contributed by atoms with Crippen molar-refractivity contribution in [3.8, 4) is 16.9 Å². The molecule has 1 aliphatic heterocycles. The molecule has 0 spiro atoms. The summed E-state index contributed by atoms with van der Waals surface area (Å²) in [6.45, 7) is 0.667. The van der Waals surface area contributed by atoms with Crippen LogP contribution in [0.5, 0.6) is 5.75 Å². The minimum absolute atomic E-state index is 0.195. The third kappa shape index (κ3) is 2.25. The number of ether oxygens (including phenoxy) is 1. The maximum atomic E-state index is 11.4. The van der Waals surface area contributed by atoms with Crippen LogP contribution in [0.15, 0.2) is 36.4 Å². The van der Waals surface area contributed by atoms with E-state index >= 15 is 0 Å². The summed E-state index contributed by atoms with van der Waals surface area (Å²) in [5, 5.41) is 9.77. The molecule has 2 aromatic carbocycles. The van der Waals surface area contributed by atoms with Gasteiger partial charge in [0.2, 0.25) is 0 Å². The predicted octanol–water partition coefficient (Wildman–Crippen LogP) is 4.03. The number of hydrogen-bond acceptors (Lipinski definition) is 2. The molecule has 1 aliphatic rings. The molecule has 0 bridgehead atoms. The fraction of sp³-hybridized carbons (Fsp3) is 0.188. The summed E-state index contributed by atoms with van der Waals surface area (Å²) in [5.74, 6) is -0.195. The lowest BCUT2D eigenvalue weighted by atomic mass is 9.94. The number of carbonyl (C=O) groups is 1. The lowest BCUT2D eigenvalue weighted by molar-refractivity contribution is 0.0697. The van der Waals surface area contributed by atoms with E-state index in [0.29, 0.717) is 17.2 Å². The third-order valence-corrected chi connectivity index (χ3v) is 3.67. The first-order chi connectivity index (χ1) is 9.66. The second-order valence-corrected chi connectivity index (χ2v) is 5.18. The zero-order valence-electron chi connectivity index (χ0n) is 10.7.